The third-order valence-electron chi connectivity index (χ3n) is 6.13. The van der Waals surface area contributed by atoms with Gasteiger partial charge in [0.25, 0.3) is 0 Å². The molecule has 22 heavy (non-hydrogen) atoms. The minimum Gasteiger partial charge on any atom is -0.481 e. The Morgan fingerprint density at radius 2 is 2.05 bits per heavy atom. The number of hydrogen-bond donors (Lipinski definition) is 1. The van der Waals surface area contributed by atoms with Gasteiger partial charge < -0.3 is 5.11 Å². The number of carboxylic acid groups (broad SMARTS) is 1. The van der Waals surface area contributed by atoms with Gasteiger partial charge in [-0.15, -0.1) is 0 Å². The van der Waals surface area contributed by atoms with Crippen LogP contribution in [-0.2, 0) is 9.59 Å². The van der Waals surface area contributed by atoms with Gasteiger partial charge in [-0.25, -0.2) is 0 Å². The first kappa shape index (κ1) is 17.2. The molecule has 0 unspecified atom stereocenters. The van der Waals surface area contributed by atoms with Crippen molar-refractivity contribution in [3.8, 4) is 0 Å². The van der Waals surface area contributed by atoms with E-state index < -0.39 is 5.97 Å². The van der Waals surface area contributed by atoms with E-state index in [4.69, 9.17) is 5.11 Å². The minimum atomic E-state index is -0.732. The Kier molecular flexibility index (Phi) is 4.84. The lowest BCUT2D eigenvalue weighted by atomic mass is 9.50. The first-order chi connectivity index (χ1) is 10.1. The fourth-order valence-electron chi connectivity index (χ4n) is 4.79. The molecule has 2 aliphatic carbocycles. The lowest BCUT2D eigenvalue weighted by Gasteiger charge is -2.54. The summed E-state index contributed by atoms with van der Waals surface area (Å²) in [7, 11) is 0. The monoisotopic (exact) mass is 306 g/mol. The zero-order chi connectivity index (χ0) is 16.5. The highest BCUT2D eigenvalue weighted by molar-refractivity contribution is 5.92. The predicted octanol–water partition coefficient (Wildman–Crippen LogP) is 4.61. The quantitative estimate of drug-likeness (QED) is 0.807. The zero-order valence-corrected chi connectivity index (χ0v) is 14.4. The second kappa shape index (κ2) is 6.17. The van der Waals surface area contributed by atoms with Crippen molar-refractivity contribution in [2.45, 2.75) is 72.6 Å². The van der Waals surface area contributed by atoms with Gasteiger partial charge in [0.05, 0.1) is 0 Å². The van der Waals surface area contributed by atoms with Gasteiger partial charge in [-0.2, -0.15) is 0 Å². The van der Waals surface area contributed by atoms with Crippen molar-refractivity contribution in [2.75, 3.05) is 0 Å². The number of carboxylic acids is 1. The number of carbonyl (C=O) groups is 2. The average Bonchev–Trinajstić information content (AvgIpc) is 2.37. The van der Waals surface area contributed by atoms with Gasteiger partial charge in [0.15, 0.2) is 5.78 Å². The van der Waals surface area contributed by atoms with E-state index in [0.717, 1.165) is 19.3 Å². The maximum absolute atomic E-state index is 12.2. The van der Waals surface area contributed by atoms with Crippen LogP contribution in [0.1, 0.15) is 72.6 Å². The van der Waals surface area contributed by atoms with Crippen molar-refractivity contribution >= 4 is 11.8 Å². The van der Waals surface area contributed by atoms with Crippen molar-refractivity contribution in [2.24, 2.45) is 22.7 Å². The maximum atomic E-state index is 12.2. The van der Waals surface area contributed by atoms with Gasteiger partial charge in [0.1, 0.15) is 0 Å². The molecule has 0 saturated heterocycles. The number of hydrogen-bond acceptors (Lipinski definition) is 2. The number of allylic oxidation sites excluding steroid dienone is 2. The molecule has 2 rings (SSSR count). The summed E-state index contributed by atoms with van der Waals surface area (Å²) in [6.45, 7) is 8.93. The molecule has 3 atom stereocenters. The van der Waals surface area contributed by atoms with Gasteiger partial charge in [-0.1, -0.05) is 39.7 Å². The largest absolute Gasteiger partial charge is 0.481 e. The number of carbonyl (C=O) groups excluding carboxylic acids is 1. The molecule has 0 aromatic heterocycles. The smallest absolute Gasteiger partial charge is 0.303 e. The molecule has 2 aliphatic rings. The first-order valence-corrected chi connectivity index (χ1v) is 8.61. The van der Waals surface area contributed by atoms with Gasteiger partial charge in [-0.3, -0.25) is 9.59 Å². The minimum absolute atomic E-state index is 0.124. The summed E-state index contributed by atoms with van der Waals surface area (Å²) in [5, 5.41) is 8.90. The Balaban J connectivity index is 2.15. The summed E-state index contributed by atoms with van der Waals surface area (Å²) in [6.07, 6.45) is 8.07. The molecule has 0 aliphatic heterocycles. The Morgan fingerprint density at radius 1 is 1.36 bits per heavy atom. The normalized spacial score (nSPS) is 32.1. The summed E-state index contributed by atoms with van der Waals surface area (Å²) < 4.78 is 0. The molecule has 1 saturated carbocycles. The van der Waals surface area contributed by atoms with E-state index in [0.29, 0.717) is 12.3 Å². The van der Waals surface area contributed by atoms with Crippen LogP contribution in [0.2, 0.25) is 0 Å². The molecule has 0 aromatic rings. The molecule has 3 heteroatoms. The van der Waals surface area contributed by atoms with Gasteiger partial charge in [0.2, 0.25) is 0 Å². The lowest BCUT2D eigenvalue weighted by molar-refractivity contribution is -0.138. The van der Waals surface area contributed by atoms with Gasteiger partial charge in [0, 0.05) is 12.8 Å². The Hall–Kier alpha value is -1.12. The number of rotatable bonds is 5. The van der Waals surface area contributed by atoms with E-state index in [9.17, 15) is 9.59 Å². The molecule has 3 nitrogen and oxygen atoms in total. The van der Waals surface area contributed by atoms with E-state index in [-0.39, 0.29) is 29.0 Å². The molecule has 0 aromatic carbocycles. The summed E-state index contributed by atoms with van der Waals surface area (Å²) in [5.74, 6) is 0.118. The molecule has 0 bridgehead atoms. The first-order valence-electron chi connectivity index (χ1n) is 8.61. The molecule has 1 fully saturated rings. The summed E-state index contributed by atoms with van der Waals surface area (Å²) >= 11 is 0. The third kappa shape index (κ3) is 3.44. The zero-order valence-electron chi connectivity index (χ0n) is 14.4. The van der Waals surface area contributed by atoms with Crippen LogP contribution in [0.4, 0.5) is 0 Å². The molecule has 0 heterocycles. The van der Waals surface area contributed by atoms with Crippen molar-refractivity contribution in [1.29, 1.82) is 0 Å². The molecular formula is C19H30O3. The van der Waals surface area contributed by atoms with Crippen LogP contribution in [0.25, 0.3) is 0 Å². The second-order valence-electron chi connectivity index (χ2n) is 8.39. The van der Waals surface area contributed by atoms with Crippen LogP contribution >= 0.6 is 0 Å². The molecule has 1 N–H and O–H groups in total. The van der Waals surface area contributed by atoms with E-state index in [1.54, 1.807) is 0 Å². The van der Waals surface area contributed by atoms with Crippen LogP contribution in [0.15, 0.2) is 11.6 Å². The van der Waals surface area contributed by atoms with E-state index >= 15 is 0 Å². The van der Waals surface area contributed by atoms with Crippen molar-refractivity contribution in [3.05, 3.63) is 11.6 Å². The highest BCUT2D eigenvalue weighted by atomic mass is 16.4. The summed E-state index contributed by atoms with van der Waals surface area (Å²) in [6, 6.07) is 0. The number of aliphatic carboxylic acids is 1. The van der Waals surface area contributed by atoms with Crippen LogP contribution < -0.4 is 0 Å². The van der Waals surface area contributed by atoms with Crippen molar-refractivity contribution < 1.29 is 14.7 Å². The summed E-state index contributed by atoms with van der Waals surface area (Å²) in [4.78, 5) is 23.0. The van der Waals surface area contributed by atoms with E-state index in [1.165, 1.54) is 18.4 Å². The van der Waals surface area contributed by atoms with Crippen LogP contribution in [0, 0.1) is 22.7 Å². The standard InChI is InChI=1S/C19H30O3/c1-13(10-17(21)22)6-7-14-11-15(20)12-16-18(2,3)8-5-9-19(14,16)4/h11,13,16H,5-10,12H2,1-4H3,(H,21,22)/t13-,16-,19+/m0/s1. The highest BCUT2D eigenvalue weighted by Gasteiger charge is 2.50. The highest BCUT2D eigenvalue weighted by Crippen LogP contribution is 2.58. The molecule has 0 radical (unpaired) electrons. The predicted molar refractivity (Wildman–Crippen MR) is 87.6 cm³/mol. The Labute approximate surface area is 134 Å². The second-order valence-corrected chi connectivity index (χ2v) is 8.39. The Morgan fingerprint density at radius 3 is 2.68 bits per heavy atom. The van der Waals surface area contributed by atoms with Gasteiger partial charge in [-0.05, 0) is 54.4 Å². The summed E-state index contributed by atoms with van der Waals surface area (Å²) in [5.41, 5.74) is 1.62. The molecular weight excluding hydrogens is 276 g/mol. The third-order valence-corrected chi connectivity index (χ3v) is 6.13. The van der Waals surface area contributed by atoms with Crippen molar-refractivity contribution in [3.63, 3.8) is 0 Å². The van der Waals surface area contributed by atoms with E-state index in [2.05, 4.69) is 20.8 Å². The number of fused-ring (bicyclic) bond motifs is 1. The van der Waals surface area contributed by atoms with Crippen LogP contribution in [0.3, 0.4) is 0 Å². The fourth-order valence-corrected chi connectivity index (χ4v) is 4.79. The van der Waals surface area contributed by atoms with Crippen LogP contribution in [0.5, 0.6) is 0 Å². The average molecular weight is 306 g/mol. The molecule has 0 amide bonds. The fraction of sp³-hybridized carbons (Fsp3) is 0.789. The topological polar surface area (TPSA) is 54.4 Å². The SMILES string of the molecule is C[C@@H](CCC1=CC(=O)C[C@H]2C(C)(C)CCC[C@]12C)CC(=O)O. The maximum Gasteiger partial charge on any atom is 0.303 e. The van der Waals surface area contributed by atoms with Crippen molar-refractivity contribution in [1.82, 2.24) is 0 Å². The van der Waals surface area contributed by atoms with Crippen LogP contribution in [-0.4, -0.2) is 16.9 Å². The van der Waals surface area contributed by atoms with E-state index in [1.807, 2.05) is 13.0 Å². The Bertz CT molecular complexity index is 489. The number of ketones is 1. The molecule has 0 spiro atoms. The molecule has 124 valence electrons. The van der Waals surface area contributed by atoms with Gasteiger partial charge >= 0.3 is 5.97 Å². The lowest BCUT2D eigenvalue weighted by Crippen LogP contribution is -2.46.